The Hall–Kier alpha value is -1.09. The van der Waals surface area contributed by atoms with Gasteiger partial charge in [-0.3, -0.25) is 4.98 Å². The topological polar surface area (TPSA) is 42.4 Å². The standard InChI is InChI=1S/C12H17NO2/c1-8-7-13-11-9(10(8)15-3)5-4-6-12(11,2)14/h7,14H,4-6H2,1-3H3. The number of aliphatic hydroxyl groups is 1. The second-order valence-electron chi connectivity index (χ2n) is 4.43. The first-order chi connectivity index (χ1) is 7.06. The maximum atomic E-state index is 10.2. The van der Waals surface area contributed by atoms with Gasteiger partial charge >= 0.3 is 0 Å². The summed E-state index contributed by atoms with van der Waals surface area (Å²) < 4.78 is 5.39. The summed E-state index contributed by atoms with van der Waals surface area (Å²) >= 11 is 0. The van der Waals surface area contributed by atoms with Crippen molar-refractivity contribution in [2.45, 2.75) is 38.7 Å². The van der Waals surface area contributed by atoms with Crippen molar-refractivity contribution in [2.75, 3.05) is 7.11 Å². The molecule has 1 heterocycles. The Morgan fingerprint density at radius 1 is 1.53 bits per heavy atom. The molecule has 0 amide bonds. The number of nitrogens with zero attached hydrogens (tertiary/aromatic N) is 1. The molecule has 0 saturated carbocycles. The highest BCUT2D eigenvalue weighted by Gasteiger charge is 2.33. The molecule has 0 radical (unpaired) electrons. The molecule has 0 aromatic carbocycles. The molecule has 0 bridgehead atoms. The predicted molar refractivity (Wildman–Crippen MR) is 58.0 cm³/mol. The van der Waals surface area contributed by atoms with Crippen LogP contribution in [0.5, 0.6) is 5.75 Å². The minimum atomic E-state index is -0.797. The number of hydrogen-bond donors (Lipinski definition) is 1. The largest absolute Gasteiger partial charge is 0.496 e. The summed E-state index contributed by atoms with van der Waals surface area (Å²) in [6, 6.07) is 0. The van der Waals surface area contributed by atoms with Crippen LogP contribution in [0.1, 0.15) is 36.6 Å². The molecule has 1 N–H and O–H groups in total. The van der Waals surface area contributed by atoms with E-state index in [1.165, 1.54) is 0 Å². The van der Waals surface area contributed by atoms with Gasteiger partial charge in [0.1, 0.15) is 11.4 Å². The van der Waals surface area contributed by atoms with Crippen molar-refractivity contribution in [3.8, 4) is 5.75 Å². The van der Waals surface area contributed by atoms with Crippen LogP contribution >= 0.6 is 0 Å². The summed E-state index contributed by atoms with van der Waals surface area (Å²) in [6.45, 7) is 3.81. The fourth-order valence-corrected chi connectivity index (χ4v) is 2.35. The van der Waals surface area contributed by atoms with E-state index < -0.39 is 5.60 Å². The third-order valence-corrected chi connectivity index (χ3v) is 3.11. The molecular weight excluding hydrogens is 190 g/mol. The molecular formula is C12H17NO2. The van der Waals surface area contributed by atoms with Crippen LogP contribution in [0.25, 0.3) is 0 Å². The number of hydrogen-bond acceptors (Lipinski definition) is 3. The van der Waals surface area contributed by atoms with Gasteiger partial charge in [0, 0.05) is 17.3 Å². The van der Waals surface area contributed by atoms with Crippen molar-refractivity contribution in [2.24, 2.45) is 0 Å². The Bertz CT molecular complexity index is 385. The lowest BCUT2D eigenvalue weighted by atomic mass is 9.83. The highest BCUT2D eigenvalue weighted by atomic mass is 16.5. The van der Waals surface area contributed by atoms with Crippen molar-refractivity contribution in [1.82, 2.24) is 4.98 Å². The Morgan fingerprint density at radius 3 is 2.93 bits per heavy atom. The third kappa shape index (κ3) is 1.61. The Kier molecular flexibility index (Phi) is 2.43. The number of rotatable bonds is 1. The molecule has 3 nitrogen and oxygen atoms in total. The summed E-state index contributed by atoms with van der Waals surface area (Å²) in [5, 5.41) is 10.2. The normalized spacial score (nSPS) is 24.8. The van der Waals surface area contributed by atoms with Gasteiger partial charge in [0.2, 0.25) is 0 Å². The monoisotopic (exact) mass is 207 g/mol. The van der Waals surface area contributed by atoms with Gasteiger partial charge in [-0.05, 0) is 33.1 Å². The van der Waals surface area contributed by atoms with Crippen molar-refractivity contribution >= 4 is 0 Å². The number of methoxy groups -OCH3 is 1. The highest BCUT2D eigenvalue weighted by Crippen LogP contribution is 2.38. The summed E-state index contributed by atoms with van der Waals surface area (Å²) in [5.74, 6) is 0.889. The van der Waals surface area contributed by atoms with Gasteiger partial charge in [0.15, 0.2) is 0 Å². The van der Waals surface area contributed by atoms with Gasteiger partial charge < -0.3 is 9.84 Å². The minimum Gasteiger partial charge on any atom is -0.496 e. The molecule has 1 aliphatic rings. The second kappa shape index (κ2) is 3.49. The van der Waals surface area contributed by atoms with E-state index in [0.29, 0.717) is 0 Å². The summed E-state index contributed by atoms with van der Waals surface area (Å²) in [4.78, 5) is 4.35. The minimum absolute atomic E-state index is 0.777. The zero-order valence-electron chi connectivity index (χ0n) is 9.50. The molecule has 1 unspecified atom stereocenters. The third-order valence-electron chi connectivity index (χ3n) is 3.11. The second-order valence-corrected chi connectivity index (χ2v) is 4.43. The SMILES string of the molecule is COc1c(C)cnc2c1CCCC2(C)O. The van der Waals surface area contributed by atoms with Crippen molar-refractivity contribution in [3.05, 3.63) is 23.0 Å². The molecule has 0 saturated heterocycles. The van der Waals surface area contributed by atoms with Crippen LogP contribution in [-0.2, 0) is 12.0 Å². The van der Waals surface area contributed by atoms with Crippen molar-refractivity contribution in [1.29, 1.82) is 0 Å². The van der Waals surface area contributed by atoms with E-state index in [1.54, 1.807) is 13.3 Å². The lowest BCUT2D eigenvalue weighted by molar-refractivity contribution is 0.0334. The zero-order chi connectivity index (χ0) is 11.1. The van der Waals surface area contributed by atoms with Gasteiger partial charge in [-0.1, -0.05) is 0 Å². The Labute approximate surface area is 90.1 Å². The van der Waals surface area contributed by atoms with Crippen LogP contribution in [0.4, 0.5) is 0 Å². The lowest BCUT2D eigenvalue weighted by Crippen LogP contribution is -2.28. The molecule has 1 aromatic heterocycles. The molecule has 0 fully saturated rings. The molecule has 82 valence electrons. The molecule has 0 spiro atoms. The van der Waals surface area contributed by atoms with E-state index in [9.17, 15) is 5.11 Å². The summed E-state index contributed by atoms with van der Waals surface area (Å²) in [7, 11) is 1.67. The van der Waals surface area contributed by atoms with Crippen LogP contribution in [0.3, 0.4) is 0 Å². The summed E-state index contributed by atoms with van der Waals surface area (Å²) in [6.07, 6.45) is 4.49. The fourth-order valence-electron chi connectivity index (χ4n) is 2.35. The number of pyridine rings is 1. The molecule has 1 aromatic rings. The Balaban J connectivity index is 2.61. The summed E-state index contributed by atoms with van der Waals surface area (Å²) in [5.41, 5.74) is 2.10. The lowest BCUT2D eigenvalue weighted by Gasteiger charge is -2.31. The van der Waals surface area contributed by atoms with Crippen LogP contribution in [-0.4, -0.2) is 17.2 Å². The van der Waals surface area contributed by atoms with Gasteiger partial charge in [0.25, 0.3) is 0 Å². The van der Waals surface area contributed by atoms with Crippen LogP contribution in [0.15, 0.2) is 6.20 Å². The number of fused-ring (bicyclic) bond motifs is 1. The number of aryl methyl sites for hydroxylation is 1. The smallest absolute Gasteiger partial charge is 0.128 e. The van der Waals surface area contributed by atoms with Crippen LogP contribution in [0.2, 0.25) is 0 Å². The van der Waals surface area contributed by atoms with Crippen molar-refractivity contribution in [3.63, 3.8) is 0 Å². The quantitative estimate of drug-likeness (QED) is 0.765. The van der Waals surface area contributed by atoms with Gasteiger partial charge in [-0.2, -0.15) is 0 Å². The predicted octanol–water partition coefficient (Wildman–Crippen LogP) is 1.94. The van der Waals surface area contributed by atoms with Gasteiger partial charge in [0.05, 0.1) is 12.8 Å². The molecule has 1 atom stereocenters. The molecule has 2 rings (SSSR count). The maximum absolute atomic E-state index is 10.2. The van der Waals surface area contributed by atoms with Gasteiger partial charge in [-0.25, -0.2) is 0 Å². The van der Waals surface area contributed by atoms with Crippen molar-refractivity contribution < 1.29 is 9.84 Å². The van der Waals surface area contributed by atoms with E-state index in [0.717, 1.165) is 41.8 Å². The first-order valence-corrected chi connectivity index (χ1v) is 5.31. The number of aromatic nitrogens is 1. The molecule has 3 heteroatoms. The fraction of sp³-hybridized carbons (Fsp3) is 0.583. The van der Waals surface area contributed by atoms with E-state index in [1.807, 2.05) is 13.8 Å². The van der Waals surface area contributed by atoms with E-state index in [4.69, 9.17) is 4.74 Å². The maximum Gasteiger partial charge on any atom is 0.128 e. The highest BCUT2D eigenvalue weighted by molar-refractivity contribution is 5.45. The number of ether oxygens (including phenoxy) is 1. The first kappa shape index (κ1) is 10.4. The first-order valence-electron chi connectivity index (χ1n) is 5.31. The van der Waals surface area contributed by atoms with E-state index in [-0.39, 0.29) is 0 Å². The average molecular weight is 207 g/mol. The van der Waals surface area contributed by atoms with Gasteiger partial charge in [-0.15, -0.1) is 0 Å². The van der Waals surface area contributed by atoms with Crippen LogP contribution < -0.4 is 4.74 Å². The Morgan fingerprint density at radius 2 is 2.27 bits per heavy atom. The average Bonchev–Trinajstić information content (AvgIpc) is 2.16. The van der Waals surface area contributed by atoms with E-state index in [2.05, 4.69) is 4.98 Å². The molecule has 1 aliphatic carbocycles. The molecule has 15 heavy (non-hydrogen) atoms. The zero-order valence-corrected chi connectivity index (χ0v) is 9.50. The van der Waals surface area contributed by atoms with E-state index >= 15 is 0 Å². The molecule has 0 aliphatic heterocycles. The van der Waals surface area contributed by atoms with Crippen LogP contribution in [0, 0.1) is 6.92 Å².